The zero-order valence-corrected chi connectivity index (χ0v) is 18.7. The number of allylic oxidation sites excluding steroid dienone is 4. The molecule has 0 amide bonds. The summed E-state index contributed by atoms with van der Waals surface area (Å²) in [6, 6.07) is 28.1. The Kier molecular flexibility index (Phi) is 16.5. The largest absolute Gasteiger partial charge is 0.0767 e. The zero-order chi connectivity index (χ0) is 22.7. The maximum atomic E-state index is 7.50. The fourth-order valence-corrected chi connectivity index (χ4v) is 2.44. The van der Waals surface area contributed by atoms with Gasteiger partial charge in [0, 0.05) is 23.5 Å². The average molecular weight is 462 g/mol. The van der Waals surface area contributed by atoms with E-state index < -0.39 is 0 Å². The van der Waals surface area contributed by atoms with E-state index in [1.807, 2.05) is 116 Å². The van der Waals surface area contributed by atoms with Crippen LogP contribution in [0.25, 0.3) is 5.76 Å². The summed E-state index contributed by atoms with van der Waals surface area (Å²) in [5, 5.41) is 0. The van der Waals surface area contributed by atoms with E-state index in [4.69, 9.17) is 14.0 Å². The topological polar surface area (TPSA) is 49.0 Å². The molecule has 0 saturated carbocycles. The van der Waals surface area contributed by atoms with Crippen LogP contribution in [0, 0.1) is 32.7 Å². The molecule has 0 unspecified atom stereocenters. The van der Waals surface area contributed by atoms with E-state index in [1.165, 1.54) is 5.56 Å². The van der Waals surface area contributed by atoms with Crippen LogP contribution in [0.3, 0.4) is 0 Å². The van der Waals surface area contributed by atoms with E-state index in [0.29, 0.717) is 0 Å². The van der Waals surface area contributed by atoms with Gasteiger partial charge in [-0.15, -0.1) is 29.8 Å². The Labute approximate surface area is 201 Å². The van der Waals surface area contributed by atoms with Crippen LogP contribution in [0.1, 0.15) is 16.7 Å². The summed E-state index contributed by atoms with van der Waals surface area (Å²) in [4.78, 5) is 0. The summed E-state index contributed by atoms with van der Waals surface area (Å²) < 4.78 is 21.1. The molecule has 3 nitrogen and oxygen atoms in total. The Morgan fingerprint density at radius 3 is 1.66 bits per heavy atom. The van der Waals surface area contributed by atoms with Gasteiger partial charge in [0.15, 0.2) is 0 Å². The van der Waals surface area contributed by atoms with E-state index in [9.17, 15) is 0 Å². The van der Waals surface area contributed by atoms with Crippen molar-refractivity contribution < 1.29 is 31.1 Å². The Balaban J connectivity index is 0.000000822. The van der Waals surface area contributed by atoms with Crippen molar-refractivity contribution >= 4 is 5.76 Å². The Morgan fingerprint density at radius 1 is 0.688 bits per heavy atom. The molecule has 4 heteroatoms. The summed E-state index contributed by atoms with van der Waals surface area (Å²) in [7, 11) is 0. The first kappa shape index (κ1) is 28.7. The van der Waals surface area contributed by atoms with Crippen molar-refractivity contribution in [2.45, 2.75) is 6.92 Å². The van der Waals surface area contributed by atoms with Gasteiger partial charge in [0.2, 0.25) is 0 Å². The third-order valence-corrected chi connectivity index (χ3v) is 3.86. The van der Waals surface area contributed by atoms with Crippen molar-refractivity contribution in [2.24, 2.45) is 0 Å². The van der Waals surface area contributed by atoms with Gasteiger partial charge in [-0.3, -0.25) is 0 Å². The minimum atomic E-state index is 0. The van der Waals surface area contributed by atoms with Crippen molar-refractivity contribution in [3.05, 3.63) is 152 Å². The monoisotopic (exact) mass is 462 g/mol. The molecule has 1 aliphatic rings. The van der Waals surface area contributed by atoms with E-state index in [-0.39, 0.29) is 17.1 Å². The van der Waals surface area contributed by atoms with E-state index in [0.717, 1.165) is 22.6 Å². The van der Waals surface area contributed by atoms with E-state index >= 15 is 0 Å². The van der Waals surface area contributed by atoms with Crippen molar-refractivity contribution in [3.8, 4) is 5.75 Å². The second kappa shape index (κ2) is 18.4. The maximum Gasteiger partial charge on any atom is 0.00506 e. The van der Waals surface area contributed by atoms with Gasteiger partial charge in [-0.25, -0.2) is 0 Å². The Morgan fingerprint density at radius 2 is 1.19 bits per heavy atom. The van der Waals surface area contributed by atoms with Crippen LogP contribution in [0.15, 0.2) is 109 Å². The summed E-state index contributed by atoms with van der Waals surface area (Å²) >= 11 is 0. The molecule has 3 aromatic rings. The summed E-state index contributed by atoms with van der Waals surface area (Å²) in [5.74, 6) is 1.53. The first-order valence-electron chi connectivity index (χ1n) is 9.38. The summed E-state index contributed by atoms with van der Waals surface area (Å²) in [6.45, 7) is 11.1. The van der Waals surface area contributed by atoms with Gasteiger partial charge < -0.3 is 4.74 Å². The predicted octanol–water partition coefficient (Wildman–Crippen LogP) is 6.51. The molecular weight excluding hydrogens is 440 g/mol. The normalized spacial score (nSPS) is 10.6. The van der Waals surface area contributed by atoms with Crippen LogP contribution >= 0.6 is 0 Å². The number of hydrogen-bond donors (Lipinski definition) is 0. The van der Waals surface area contributed by atoms with Crippen molar-refractivity contribution in [1.82, 2.24) is 0 Å². The van der Waals surface area contributed by atoms with Crippen molar-refractivity contribution in [2.75, 3.05) is 0 Å². The minimum Gasteiger partial charge on any atom is -0.0767 e. The molecule has 1 aliphatic carbocycles. The Bertz CT molecular complexity index is 984. The number of benzene rings is 3. The second-order valence-electron chi connectivity index (χ2n) is 6.06. The summed E-state index contributed by atoms with van der Waals surface area (Å²) in [6.07, 6.45) is 13.4. The van der Waals surface area contributed by atoms with Gasteiger partial charge in [-0.05, 0) is 19.1 Å². The van der Waals surface area contributed by atoms with Crippen LogP contribution in [-0.2, 0) is 26.4 Å². The standard InChI is InChI=1S/C21H17O.C5H5.2CO.Fe/c1-17-12-14-20(15-13-17)22-21(19-10-6-3-7-11-19)16-18-8-4-2-5-9-18;1-2-4-5-3-1;2*1-2;/h2-15H,1H3;1-5H;;;/q-1;;;;. The Hall–Kier alpha value is -3.32. The van der Waals surface area contributed by atoms with Crippen LogP contribution in [0.2, 0.25) is 0 Å². The SMILES string of the molecule is Cc1ccc(OC(=[C-]c2ccccc2)c2ccccc2)cc1.[C-]#[O+].[C-]#[O+].[CH]1C=CC=C1.[Fe]. The molecular formula is C28H22FeO3-. The average Bonchev–Trinajstić information content (AvgIpc) is 3.44. The molecule has 0 atom stereocenters. The van der Waals surface area contributed by atoms with Gasteiger partial charge in [-0.1, -0.05) is 90.0 Å². The molecule has 0 saturated heterocycles. The van der Waals surface area contributed by atoms with E-state index in [1.54, 1.807) is 0 Å². The van der Waals surface area contributed by atoms with Crippen LogP contribution < -0.4 is 4.74 Å². The van der Waals surface area contributed by atoms with Gasteiger partial charge in [0.25, 0.3) is 0 Å². The molecule has 0 aromatic heterocycles. The number of ether oxygens (including phenoxy) is 1. The third kappa shape index (κ3) is 11.2. The third-order valence-electron chi connectivity index (χ3n) is 3.86. The van der Waals surface area contributed by atoms with Gasteiger partial charge in [-0.2, -0.15) is 0 Å². The molecule has 0 aliphatic heterocycles. The summed E-state index contributed by atoms with van der Waals surface area (Å²) in [5.41, 5.74) is 3.21. The number of rotatable bonds is 4. The number of hydrogen-bond acceptors (Lipinski definition) is 1. The second-order valence-corrected chi connectivity index (χ2v) is 6.06. The van der Waals surface area contributed by atoms with Crippen molar-refractivity contribution in [1.29, 1.82) is 0 Å². The molecule has 0 spiro atoms. The molecule has 0 heterocycles. The molecule has 161 valence electrons. The van der Waals surface area contributed by atoms with E-state index in [2.05, 4.69) is 26.3 Å². The number of aryl methyl sites for hydroxylation is 1. The molecule has 3 aromatic carbocycles. The molecule has 32 heavy (non-hydrogen) atoms. The molecule has 0 bridgehead atoms. The fraction of sp³-hybridized carbons (Fsp3) is 0.0357. The molecule has 0 fully saturated rings. The van der Waals surface area contributed by atoms with Crippen LogP contribution in [0.4, 0.5) is 0 Å². The van der Waals surface area contributed by atoms with Crippen molar-refractivity contribution in [3.63, 3.8) is 0 Å². The zero-order valence-electron chi connectivity index (χ0n) is 17.5. The fourth-order valence-electron chi connectivity index (χ4n) is 2.44. The first-order chi connectivity index (χ1) is 15.3. The van der Waals surface area contributed by atoms with Crippen LogP contribution in [0.5, 0.6) is 5.75 Å². The quantitative estimate of drug-likeness (QED) is 0.143. The van der Waals surface area contributed by atoms with Gasteiger partial charge in [0.1, 0.15) is 5.75 Å². The molecule has 1 radical (unpaired) electrons. The van der Waals surface area contributed by atoms with Gasteiger partial charge >= 0.3 is 22.6 Å². The first-order valence-corrected chi connectivity index (χ1v) is 9.38. The molecule has 0 N–H and O–H groups in total. The minimum absolute atomic E-state index is 0. The molecule has 4 rings (SSSR count). The van der Waals surface area contributed by atoms with Crippen LogP contribution in [-0.4, -0.2) is 0 Å². The predicted molar refractivity (Wildman–Crippen MR) is 121 cm³/mol. The smallest absolute Gasteiger partial charge is 0.00506 e. The maximum absolute atomic E-state index is 7.50. The van der Waals surface area contributed by atoms with Gasteiger partial charge in [0.05, 0.1) is 5.76 Å².